The second-order valence-corrected chi connectivity index (χ2v) is 10.9. The summed E-state index contributed by atoms with van der Waals surface area (Å²) in [6.07, 6.45) is 14.9. The van der Waals surface area contributed by atoms with Crippen LogP contribution < -0.4 is 0 Å². The van der Waals surface area contributed by atoms with E-state index in [2.05, 4.69) is 90.1 Å². The summed E-state index contributed by atoms with van der Waals surface area (Å²) in [5, 5.41) is 0. The van der Waals surface area contributed by atoms with Gasteiger partial charge in [-0.3, -0.25) is 0 Å². The van der Waals surface area contributed by atoms with E-state index >= 15 is 0 Å². The molecule has 0 heterocycles. The van der Waals surface area contributed by atoms with E-state index in [0.717, 1.165) is 12.8 Å². The lowest BCUT2D eigenvalue weighted by Gasteiger charge is -2.42. The Balaban J connectivity index is 1.84. The average Bonchev–Trinajstić information content (AvgIpc) is 3.39. The molecule has 2 aromatic carbocycles. The quantitative estimate of drug-likeness (QED) is 0.345. The Kier molecular flexibility index (Phi) is 7.32. The normalized spacial score (nSPS) is 19.3. The highest BCUT2D eigenvalue weighted by Crippen LogP contribution is 2.60. The van der Waals surface area contributed by atoms with Crippen LogP contribution in [0.3, 0.4) is 0 Å². The van der Waals surface area contributed by atoms with Gasteiger partial charge in [0.05, 0.1) is 0 Å². The van der Waals surface area contributed by atoms with Gasteiger partial charge in [-0.05, 0) is 77.3 Å². The number of allylic oxidation sites excluding steroid dienone is 2. The van der Waals surface area contributed by atoms with Crippen molar-refractivity contribution < 1.29 is 0 Å². The van der Waals surface area contributed by atoms with Crippen molar-refractivity contribution in [2.24, 2.45) is 5.41 Å². The van der Waals surface area contributed by atoms with Gasteiger partial charge in [0.1, 0.15) is 0 Å². The highest BCUT2D eigenvalue weighted by molar-refractivity contribution is 5.73. The largest absolute Gasteiger partial charge is 0.0654 e. The van der Waals surface area contributed by atoms with Crippen LogP contribution in [0.15, 0.2) is 47.5 Å². The van der Waals surface area contributed by atoms with Crippen LogP contribution in [0.5, 0.6) is 0 Å². The van der Waals surface area contributed by atoms with Gasteiger partial charge in [0.25, 0.3) is 0 Å². The lowest BCUT2D eigenvalue weighted by atomic mass is 9.61. The molecule has 176 valence electrons. The molecule has 0 bridgehead atoms. The molecule has 2 unspecified atom stereocenters. The molecule has 2 atom stereocenters. The smallest absolute Gasteiger partial charge is 0.0118 e. The van der Waals surface area contributed by atoms with Crippen molar-refractivity contribution >= 4 is 12.2 Å². The Bertz CT molecular complexity index is 962. The highest BCUT2D eigenvalue weighted by Gasteiger charge is 2.46. The number of unbranched alkanes of at least 4 members (excludes halogenated alkanes) is 2. The Labute approximate surface area is 203 Å². The summed E-state index contributed by atoms with van der Waals surface area (Å²) in [4.78, 5) is 0. The van der Waals surface area contributed by atoms with E-state index in [9.17, 15) is 0 Å². The number of rotatable bonds is 10. The number of hydrogen-bond donors (Lipinski definition) is 0. The summed E-state index contributed by atoms with van der Waals surface area (Å²) in [5.41, 5.74) is 12.7. The van der Waals surface area contributed by atoms with E-state index in [-0.39, 0.29) is 5.41 Å². The van der Waals surface area contributed by atoms with Crippen LogP contribution in [0.1, 0.15) is 125 Å². The minimum absolute atomic E-state index is 0.133. The lowest BCUT2D eigenvalue weighted by molar-refractivity contribution is 0.267. The van der Waals surface area contributed by atoms with Crippen molar-refractivity contribution in [3.8, 4) is 0 Å². The molecule has 2 aliphatic rings. The lowest BCUT2D eigenvalue weighted by Crippen LogP contribution is -2.30. The van der Waals surface area contributed by atoms with Crippen LogP contribution in [0, 0.1) is 5.41 Å². The van der Waals surface area contributed by atoms with Crippen LogP contribution in [-0.2, 0) is 12.8 Å². The molecular formula is C33H44. The maximum atomic E-state index is 2.59. The first kappa shape index (κ1) is 24.1. The van der Waals surface area contributed by atoms with E-state index in [1.54, 1.807) is 22.3 Å². The molecule has 2 aromatic rings. The molecule has 0 fully saturated rings. The zero-order valence-corrected chi connectivity index (χ0v) is 21.9. The van der Waals surface area contributed by atoms with Crippen LogP contribution in [-0.4, -0.2) is 0 Å². The number of benzene rings is 2. The van der Waals surface area contributed by atoms with Crippen LogP contribution >= 0.6 is 0 Å². The van der Waals surface area contributed by atoms with Crippen LogP contribution in [0.25, 0.3) is 12.2 Å². The first-order valence-electron chi connectivity index (χ1n) is 13.6. The minimum Gasteiger partial charge on any atom is -0.0654 e. The third-order valence-corrected chi connectivity index (χ3v) is 8.37. The van der Waals surface area contributed by atoms with Gasteiger partial charge in [0.15, 0.2) is 0 Å². The fourth-order valence-electron chi connectivity index (χ4n) is 6.79. The Hall–Kier alpha value is -2.08. The molecule has 0 spiro atoms. The zero-order valence-electron chi connectivity index (χ0n) is 21.9. The van der Waals surface area contributed by atoms with E-state index in [1.807, 2.05) is 0 Å². The van der Waals surface area contributed by atoms with Gasteiger partial charge < -0.3 is 0 Å². The predicted molar refractivity (Wildman–Crippen MR) is 146 cm³/mol. The molecule has 0 nitrogen and oxygen atoms in total. The van der Waals surface area contributed by atoms with Crippen LogP contribution in [0.2, 0.25) is 0 Å². The summed E-state index contributed by atoms with van der Waals surface area (Å²) >= 11 is 0. The van der Waals surface area contributed by atoms with Gasteiger partial charge in [-0.1, -0.05) is 114 Å². The SMILES string of the molecule is CCCCC1=Cc2c(CC)cccc2C1C(C)(C)C1C(CCCC)=Cc2c(CC)cccc21. The van der Waals surface area contributed by atoms with Gasteiger partial charge >= 0.3 is 0 Å². The molecule has 0 radical (unpaired) electrons. The van der Waals surface area contributed by atoms with Crippen molar-refractivity contribution in [1.82, 2.24) is 0 Å². The molecule has 0 saturated carbocycles. The molecule has 2 aliphatic carbocycles. The maximum absolute atomic E-state index is 2.59. The molecule has 0 saturated heterocycles. The van der Waals surface area contributed by atoms with Crippen molar-refractivity contribution in [2.45, 2.75) is 105 Å². The van der Waals surface area contributed by atoms with Crippen molar-refractivity contribution in [2.75, 3.05) is 0 Å². The standard InChI is InChI=1S/C33H44/c1-7-11-15-25-21-29-23(9-3)17-13-19-27(29)31(25)33(5,6)32-26(16-12-8-2)22-30-24(10-4)18-14-20-28(30)32/h13-14,17-22,31-32H,7-12,15-16H2,1-6H3. The third-order valence-electron chi connectivity index (χ3n) is 8.37. The Morgan fingerprint density at radius 3 is 1.42 bits per heavy atom. The summed E-state index contributed by atoms with van der Waals surface area (Å²) in [6.45, 7) is 14.4. The monoisotopic (exact) mass is 440 g/mol. The average molecular weight is 441 g/mol. The molecule has 33 heavy (non-hydrogen) atoms. The van der Waals surface area contributed by atoms with E-state index < -0.39 is 0 Å². The predicted octanol–water partition coefficient (Wildman–Crippen LogP) is 9.88. The Morgan fingerprint density at radius 1 is 0.636 bits per heavy atom. The number of fused-ring (bicyclic) bond motifs is 2. The van der Waals surface area contributed by atoms with Crippen molar-refractivity contribution in [1.29, 1.82) is 0 Å². The van der Waals surface area contributed by atoms with E-state index in [1.165, 1.54) is 60.8 Å². The summed E-state index contributed by atoms with van der Waals surface area (Å²) in [5.74, 6) is 0.994. The number of aryl methyl sites for hydroxylation is 2. The third kappa shape index (κ3) is 4.27. The molecule has 0 heteroatoms. The van der Waals surface area contributed by atoms with E-state index in [0.29, 0.717) is 11.8 Å². The maximum Gasteiger partial charge on any atom is 0.0118 e. The van der Waals surface area contributed by atoms with Crippen molar-refractivity contribution in [3.63, 3.8) is 0 Å². The Morgan fingerprint density at radius 2 is 1.06 bits per heavy atom. The molecular weight excluding hydrogens is 396 g/mol. The first-order chi connectivity index (χ1) is 16.0. The fraction of sp³-hybridized carbons (Fsp3) is 0.515. The summed E-state index contributed by atoms with van der Waals surface area (Å²) in [6, 6.07) is 14.2. The molecule has 4 rings (SSSR count). The van der Waals surface area contributed by atoms with Crippen LogP contribution in [0.4, 0.5) is 0 Å². The van der Waals surface area contributed by atoms with Gasteiger partial charge in [-0.2, -0.15) is 0 Å². The summed E-state index contributed by atoms with van der Waals surface area (Å²) < 4.78 is 0. The molecule has 0 amide bonds. The highest BCUT2D eigenvalue weighted by atomic mass is 14.5. The number of hydrogen-bond acceptors (Lipinski definition) is 0. The molecule has 0 aromatic heterocycles. The second kappa shape index (κ2) is 10.0. The van der Waals surface area contributed by atoms with Gasteiger partial charge in [0.2, 0.25) is 0 Å². The van der Waals surface area contributed by atoms with Gasteiger partial charge in [-0.15, -0.1) is 0 Å². The van der Waals surface area contributed by atoms with Gasteiger partial charge in [-0.25, -0.2) is 0 Å². The van der Waals surface area contributed by atoms with Crippen molar-refractivity contribution in [3.05, 3.63) is 80.9 Å². The topological polar surface area (TPSA) is 0 Å². The molecule has 0 N–H and O–H groups in total. The zero-order chi connectivity index (χ0) is 23.6. The molecule has 0 aliphatic heterocycles. The minimum atomic E-state index is 0.133. The second-order valence-electron chi connectivity index (χ2n) is 10.9. The van der Waals surface area contributed by atoms with Gasteiger partial charge in [0, 0.05) is 11.8 Å². The fourth-order valence-corrected chi connectivity index (χ4v) is 6.79. The first-order valence-corrected chi connectivity index (χ1v) is 13.6. The summed E-state index contributed by atoms with van der Waals surface area (Å²) in [7, 11) is 0. The van der Waals surface area contributed by atoms with E-state index in [4.69, 9.17) is 0 Å².